The third kappa shape index (κ3) is 1.54. The summed E-state index contributed by atoms with van der Waals surface area (Å²) in [5.74, 6) is 5.12. The van der Waals surface area contributed by atoms with Crippen LogP contribution in [-0.4, -0.2) is 6.54 Å². The van der Waals surface area contributed by atoms with Crippen molar-refractivity contribution in [3.63, 3.8) is 0 Å². The molecule has 1 nitrogen and oxygen atoms in total. The van der Waals surface area contributed by atoms with Gasteiger partial charge in [0.15, 0.2) is 0 Å². The predicted molar refractivity (Wildman–Crippen MR) is 63.4 cm³/mol. The zero-order valence-electron chi connectivity index (χ0n) is 9.83. The second-order valence-corrected chi connectivity index (χ2v) is 6.12. The lowest BCUT2D eigenvalue weighted by molar-refractivity contribution is 0.184. The largest absolute Gasteiger partial charge is 0.330 e. The molecule has 0 aliphatic heterocycles. The predicted octanol–water partition coefficient (Wildman–Crippen LogP) is 3.19. The van der Waals surface area contributed by atoms with Gasteiger partial charge in [0, 0.05) is 0 Å². The minimum absolute atomic E-state index is 0.903. The lowest BCUT2D eigenvalue weighted by Gasteiger charge is -2.32. The molecule has 0 saturated heterocycles. The fourth-order valence-electron chi connectivity index (χ4n) is 5.17. The highest BCUT2D eigenvalue weighted by Crippen LogP contribution is 2.56. The van der Waals surface area contributed by atoms with E-state index in [0.717, 1.165) is 36.1 Å². The van der Waals surface area contributed by atoms with E-state index in [2.05, 4.69) is 0 Å². The van der Waals surface area contributed by atoms with Crippen LogP contribution >= 0.6 is 0 Å². The Balaban J connectivity index is 1.83. The van der Waals surface area contributed by atoms with Crippen molar-refractivity contribution >= 4 is 0 Å². The van der Waals surface area contributed by atoms with Crippen molar-refractivity contribution in [2.24, 2.45) is 35.3 Å². The Morgan fingerprint density at radius 3 is 1.47 bits per heavy atom. The smallest absolute Gasteiger partial charge is 0.00434 e. The summed E-state index contributed by atoms with van der Waals surface area (Å²) in [6, 6.07) is 0. The average molecular weight is 207 g/mol. The lowest BCUT2D eigenvalue weighted by atomic mass is 9.73. The van der Waals surface area contributed by atoms with Crippen LogP contribution in [0.2, 0.25) is 0 Å². The summed E-state index contributed by atoms with van der Waals surface area (Å²) in [7, 11) is 0. The zero-order chi connectivity index (χ0) is 10.3. The Hall–Kier alpha value is -0.0400. The van der Waals surface area contributed by atoms with Gasteiger partial charge in [0.2, 0.25) is 0 Å². The van der Waals surface area contributed by atoms with Crippen molar-refractivity contribution in [2.45, 2.75) is 51.4 Å². The molecular formula is C14H25N. The molecule has 4 unspecified atom stereocenters. The van der Waals surface area contributed by atoms with Crippen LogP contribution in [0.1, 0.15) is 51.4 Å². The van der Waals surface area contributed by atoms with Gasteiger partial charge in [-0.15, -0.1) is 0 Å². The quantitative estimate of drug-likeness (QED) is 0.702. The van der Waals surface area contributed by atoms with E-state index < -0.39 is 0 Å². The number of hydrogen-bond donors (Lipinski definition) is 1. The van der Waals surface area contributed by atoms with Crippen LogP contribution < -0.4 is 5.73 Å². The standard InChI is InChI=1S/C14H25N/c15-9-14-12-7-3-1-5-10(12)11-6-2-4-8-13(11)14/h10-14H,1-9,15H2. The van der Waals surface area contributed by atoms with Gasteiger partial charge in [-0.05, 0) is 61.8 Å². The third-order valence-electron chi connectivity index (χ3n) is 5.67. The summed E-state index contributed by atoms with van der Waals surface area (Å²) in [6.45, 7) is 0.975. The van der Waals surface area contributed by atoms with Crippen molar-refractivity contribution < 1.29 is 0 Å². The molecule has 0 aromatic rings. The van der Waals surface area contributed by atoms with Crippen LogP contribution in [0.25, 0.3) is 0 Å². The summed E-state index contributed by atoms with van der Waals surface area (Å²) >= 11 is 0. The average Bonchev–Trinajstić information content (AvgIpc) is 2.63. The van der Waals surface area contributed by atoms with Gasteiger partial charge in [-0.3, -0.25) is 0 Å². The van der Waals surface area contributed by atoms with E-state index in [1.807, 2.05) is 0 Å². The Bertz CT molecular complexity index is 172. The van der Waals surface area contributed by atoms with Crippen molar-refractivity contribution in [2.75, 3.05) is 6.54 Å². The second-order valence-electron chi connectivity index (χ2n) is 6.12. The first kappa shape index (κ1) is 10.1. The first-order valence-corrected chi connectivity index (χ1v) is 7.12. The SMILES string of the molecule is NCC1C2CCCCC2C2CCCCC12. The van der Waals surface area contributed by atoms with Crippen molar-refractivity contribution in [3.8, 4) is 0 Å². The van der Waals surface area contributed by atoms with Gasteiger partial charge in [0.1, 0.15) is 0 Å². The Kier molecular flexibility index (Phi) is 2.76. The fraction of sp³-hybridized carbons (Fsp3) is 1.00. The van der Waals surface area contributed by atoms with E-state index in [4.69, 9.17) is 5.73 Å². The number of fused-ring (bicyclic) bond motifs is 3. The molecule has 3 fully saturated rings. The van der Waals surface area contributed by atoms with Crippen LogP contribution in [0.5, 0.6) is 0 Å². The van der Waals surface area contributed by atoms with Gasteiger partial charge in [-0.2, -0.15) is 0 Å². The molecule has 3 saturated carbocycles. The highest BCUT2D eigenvalue weighted by atomic mass is 14.6. The summed E-state index contributed by atoms with van der Waals surface area (Å²) in [5, 5.41) is 0. The van der Waals surface area contributed by atoms with E-state index in [1.165, 1.54) is 51.4 Å². The minimum atomic E-state index is 0.903. The fourth-order valence-corrected chi connectivity index (χ4v) is 5.17. The molecule has 3 aliphatic carbocycles. The number of hydrogen-bond acceptors (Lipinski definition) is 1. The molecule has 0 amide bonds. The van der Waals surface area contributed by atoms with Crippen molar-refractivity contribution in [1.82, 2.24) is 0 Å². The molecule has 0 aromatic carbocycles. The minimum Gasteiger partial charge on any atom is -0.330 e. The van der Waals surface area contributed by atoms with Crippen LogP contribution in [0, 0.1) is 29.6 Å². The molecule has 86 valence electrons. The summed E-state index contributed by atoms with van der Waals surface area (Å²) < 4.78 is 0. The van der Waals surface area contributed by atoms with E-state index in [9.17, 15) is 0 Å². The summed E-state index contributed by atoms with van der Waals surface area (Å²) in [5.41, 5.74) is 6.05. The summed E-state index contributed by atoms with van der Waals surface area (Å²) in [4.78, 5) is 0. The van der Waals surface area contributed by atoms with Crippen molar-refractivity contribution in [3.05, 3.63) is 0 Å². The number of rotatable bonds is 1. The molecule has 0 bridgehead atoms. The maximum Gasteiger partial charge on any atom is -0.00434 e. The molecule has 0 aromatic heterocycles. The molecule has 1 heteroatoms. The molecule has 0 spiro atoms. The highest BCUT2D eigenvalue weighted by Gasteiger charge is 2.49. The van der Waals surface area contributed by atoms with Crippen molar-refractivity contribution in [1.29, 1.82) is 0 Å². The van der Waals surface area contributed by atoms with E-state index in [1.54, 1.807) is 0 Å². The maximum absolute atomic E-state index is 6.05. The van der Waals surface area contributed by atoms with E-state index >= 15 is 0 Å². The van der Waals surface area contributed by atoms with E-state index in [-0.39, 0.29) is 0 Å². The Morgan fingerprint density at radius 1 is 0.667 bits per heavy atom. The van der Waals surface area contributed by atoms with Gasteiger partial charge in [0.25, 0.3) is 0 Å². The molecule has 0 radical (unpaired) electrons. The molecular weight excluding hydrogens is 182 g/mol. The third-order valence-corrected chi connectivity index (χ3v) is 5.67. The molecule has 4 atom stereocenters. The van der Waals surface area contributed by atoms with Gasteiger partial charge < -0.3 is 5.73 Å². The Labute approximate surface area is 93.8 Å². The normalized spacial score (nSPS) is 49.8. The monoisotopic (exact) mass is 207 g/mol. The second kappa shape index (κ2) is 4.08. The van der Waals surface area contributed by atoms with Crippen LogP contribution in [-0.2, 0) is 0 Å². The summed E-state index contributed by atoms with van der Waals surface area (Å²) in [6.07, 6.45) is 12.0. The van der Waals surface area contributed by atoms with Crippen LogP contribution in [0.4, 0.5) is 0 Å². The molecule has 15 heavy (non-hydrogen) atoms. The molecule has 3 rings (SSSR count). The zero-order valence-corrected chi connectivity index (χ0v) is 9.83. The van der Waals surface area contributed by atoms with Gasteiger partial charge in [-0.25, -0.2) is 0 Å². The number of nitrogens with two attached hydrogens (primary N) is 1. The first-order valence-electron chi connectivity index (χ1n) is 7.12. The first-order chi connectivity index (χ1) is 7.42. The molecule has 2 N–H and O–H groups in total. The van der Waals surface area contributed by atoms with Gasteiger partial charge in [0.05, 0.1) is 0 Å². The lowest BCUT2D eigenvalue weighted by Crippen LogP contribution is -2.27. The topological polar surface area (TPSA) is 26.0 Å². The van der Waals surface area contributed by atoms with Gasteiger partial charge >= 0.3 is 0 Å². The Morgan fingerprint density at radius 2 is 1.07 bits per heavy atom. The molecule has 3 aliphatic rings. The highest BCUT2D eigenvalue weighted by molar-refractivity contribution is 4.99. The maximum atomic E-state index is 6.05. The van der Waals surface area contributed by atoms with Gasteiger partial charge in [-0.1, -0.05) is 25.7 Å². The molecule has 0 heterocycles. The van der Waals surface area contributed by atoms with Crippen LogP contribution in [0.15, 0.2) is 0 Å². The van der Waals surface area contributed by atoms with Crippen LogP contribution in [0.3, 0.4) is 0 Å². The van der Waals surface area contributed by atoms with E-state index in [0.29, 0.717) is 0 Å².